The molecule has 0 fully saturated rings. The van der Waals surface area contributed by atoms with Gasteiger partial charge in [-0.15, -0.1) is 0 Å². The minimum atomic E-state index is -0.305. The molecule has 0 aliphatic rings. The SMILES string of the molecule is O=C(NN=Cc1cccc(OCc2ccc(Cl)cc2)c1)c1ccc(OCc2ccccc2)cc1. The molecule has 170 valence electrons. The standard InChI is InChI=1S/C28H23ClN2O3/c29-25-13-9-22(10-14-25)20-34-27-8-4-7-23(17-27)18-30-31-28(32)24-11-15-26(16-12-24)33-19-21-5-2-1-3-6-21/h1-18H,19-20H2,(H,31,32). The van der Waals surface area contributed by atoms with Gasteiger partial charge in [0, 0.05) is 10.6 Å². The minimum absolute atomic E-state index is 0.305. The molecule has 0 radical (unpaired) electrons. The van der Waals surface area contributed by atoms with E-state index < -0.39 is 0 Å². The summed E-state index contributed by atoms with van der Waals surface area (Å²) in [6.07, 6.45) is 1.57. The Labute approximate surface area is 203 Å². The molecule has 0 heterocycles. The van der Waals surface area contributed by atoms with E-state index >= 15 is 0 Å². The van der Waals surface area contributed by atoms with Crippen molar-refractivity contribution in [1.82, 2.24) is 5.43 Å². The first-order valence-electron chi connectivity index (χ1n) is 10.7. The molecule has 0 bridgehead atoms. The van der Waals surface area contributed by atoms with Gasteiger partial charge in [0.2, 0.25) is 0 Å². The number of hydrogen-bond donors (Lipinski definition) is 1. The van der Waals surface area contributed by atoms with E-state index in [4.69, 9.17) is 21.1 Å². The number of hydrogen-bond acceptors (Lipinski definition) is 4. The average molecular weight is 471 g/mol. The smallest absolute Gasteiger partial charge is 0.271 e. The minimum Gasteiger partial charge on any atom is -0.489 e. The van der Waals surface area contributed by atoms with Crippen molar-refractivity contribution in [3.63, 3.8) is 0 Å². The Morgan fingerprint density at radius 2 is 1.44 bits per heavy atom. The van der Waals surface area contributed by atoms with Gasteiger partial charge in [-0.05, 0) is 65.2 Å². The Morgan fingerprint density at radius 3 is 2.18 bits per heavy atom. The lowest BCUT2D eigenvalue weighted by molar-refractivity contribution is 0.0955. The van der Waals surface area contributed by atoms with Crippen LogP contribution in [0.4, 0.5) is 0 Å². The molecular formula is C28H23ClN2O3. The number of halogens is 1. The lowest BCUT2D eigenvalue weighted by Gasteiger charge is -2.07. The first-order valence-corrected chi connectivity index (χ1v) is 11.1. The zero-order chi connectivity index (χ0) is 23.6. The van der Waals surface area contributed by atoms with Crippen LogP contribution in [-0.4, -0.2) is 12.1 Å². The zero-order valence-electron chi connectivity index (χ0n) is 18.4. The van der Waals surface area contributed by atoms with Crippen LogP contribution in [0.15, 0.2) is 108 Å². The van der Waals surface area contributed by atoms with E-state index in [1.807, 2.05) is 78.9 Å². The first-order chi connectivity index (χ1) is 16.7. The Balaban J connectivity index is 1.27. The lowest BCUT2D eigenvalue weighted by atomic mass is 10.2. The Kier molecular flexibility index (Phi) is 7.93. The Bertz CT molecular complexity index is 1240. The molecule has 0 aromatic heterocycles. The molecule has 0 unspecified atom stereocenters. The topological polar surface area (TPSA) is 59.9 Å². The van der Waals surface area contributed by atoms with Crippen LogP contribution in [0.2, 0.25) is 5.02 Å². The van der Waals surface area contributed by atoms with E-state index in [1.54, 1.807) is 30.5 Å². The number of amides is 1. The van der Waals surface area contributed by atoms with Crippen molar-refractivity contribution >= 4 is 23.7 Å². The molecule has 0 spiro atoms. The van der Waals surface area contributed by atoms with Crippen LogP contribution >= 0.6 is 11.6 Å². The summed E-state index contributed by atoms with van der Waals surface area (Å²) in [7, 11) is 0. The maximum Gasteiger partial charge on any atom is 0.271 e. The van der Waals surface area contributed by atoms with Crippen LogP contribution in [0.1, 0.15) is 27.0 Å². The van der Waals surface area contributed by atoms with Gasteiger partial charge in [0.25, 0.3) is 5.91 Å². The van der Waals surface area contributed by atoms with Crippen LogP contribution in [0, 0.1) is 0 Å². The molecule has 5 nitrogen and oxygen atoms in total. The molecule has 1 N–H and O–H groups in total. The molecule has 0 saturated heterocycles. The molecular weight excluding hydrogens is 448 g/mol. The van der Waals surface area contributed by atoms with Gasteiger partial charge in [0.05, 0.1) is 6.21 Å². The van der Waals surface area contributed by atoms with Crippen LogP contribution in [0.25, 0.3) is 0 Å². The molecule has 0 atom stereocenters. The van der Waals surface area contributed by atoms with Gasteiger partial charge >= 0.3 is 0 Å². The Morgan fingerprint density at radius 1 is 0.765 bits per heavy atom. The number of hydrazone groups is 1. The van der Waals surface area contributed by atoms with Gasteiger partial charge in [0.1, 0.15) is 24.7 Å². The fraction of sp³-hybridized carbons (Fsp3) is 0.0714. The quantitative estimate of drug-likeness (QED) is 0.232. The van der Waals surface area contributed by atoms with Gasteiger partial charge in [-0.1, -0.05) is 66.2 Å². The number of carbonyl (C=O) groups excluding carboxylic acids is 1. The molecule has 0 saturated carbocycles. The van der Waals surface area contributed by atoms with Gasteiger partial charge in [0.15, 0.2) is 0 Å². The van der Waals surface area contributed by atoms with Crippen molar-refractivity contribution in [1.29, 1.82) is 0 Å². The molecule has 0 aliphatic carbocycles. The number of nitrogens with zero attached hydrogens (tertiary/aromatic N) is 1. The van der Waals surface area contributed by atoms with Gasteiger partial charge in [-0.2, -0.15) is 5.10 Å². The van der Waals surface area contributed by atoms with Crippen molar-refractivity contribution in [3.05, 3.63) is 130 Å². The molecule has 0 aliphatic heterocycles. The zero-order valence-corrected chi connectivity index (χ0v) is 19.1. The van der Waals surface area contributed by atoms with Crippen molar-refractivity contribution in [2.24, 2.45) is 5.10 Å². The number of benzene rings is 4. The molecule has 4 aromatic carbocycles. The Hall–Kier alpha value is -4.09. The van der Waals surface area contributed by atoms with Crippen molar-refractivity contribution < 1.29 is 14.3 Å². The molecule has 6 heteroatoms. The highest BCUT2D eigenvalue weighted by molar-refractivity contribution is 6.30. The van der Waals surface area contributed by atoms with Crippen molar-refractivity contribution in [2.75, 3.05) is 0 Å². The molecule has 1 amide bonds. The van der Waals surface area contributed by atoms with Gasteiger partial charge in [-0.3, -0.25) is 4.79 Å². The van der Waals surface area contributed by atoms with Gasteiger partial charge in [-0.25, -0.2) is 5.43 Å². The fourth-order valence-electron chi connectivity index (χ4n) is 3.11. The summed E-state index contributed by atoms with van der Waals surface area (Å²) in [6, 6.07) is 31.8. The van der Waals surface area contributed by atoms with Crippen LogP contribution in [-0.2, 0) is 13.2 Å². The molecule has 4 rings (SSSR count). The predicted molar refractivity (Wildman–Crippen MR) is 135 cm³/mol. The first kappa shape index (κ1) is 23.1. The van der Waals surface area contributed by atoms with Crippen molar-refractivity contribution in [2.45, 2.75) is 13.2 Å². The number of nitrogens with one attached hydrogen (secondary N) is 1. The van der Waals surface area contributed by atoms with Crippen LogP contribution < -0.4 is 14.9 Å². The highest BCUT2D eigenvalue weighted by Crippen LogP contribution is 2.16. The van der Waals surface area contributed by atoms with E-state index in [0.29, 0.717) is 35.3 Å². The van der Waals surface area contributed by atoms with Crippen LogP contribution in [0.5, 0.6) is 11.5 Å². The third kappa shape index (κ3) is 6.95. The fourth-order valence-corrected chi connectivity index (χ4v) is 3.23. The second kappa shape index (κ2) is 11.7. The van der Waals surface area contributed by atoms with E-state index in [-0.39, 0.29) is 5.91 Å². The normalized spacial score (nSPS) is 10.7. The summed E-state index contributed by atoms with van der Waals surface area (Å²) in [5, 5.41) is 4.75. The summed E-state index contributed by atoms with van der Waals surface area (Å²) in [5.41, 5.74) is 5.94. The summed E-state index contributed by atoms with van der Waals surface area (Å²) in [4.78, 5) is 12.4. The summed E-state index contributed by atoms with van der Waals surface area (Å²) in [6.45, 7) is 0.902. The third-order valence-electron chi connectivity index (χ3n) is 4.92. The van der Waals surface area contributed by atoms with Crippen molar-refractivity contribution in [3.8, 4) is 11.5 Å². The average Bonchev–Trinajstić information content (AvgIpc) is 2.88. The second-order valence-electron chi connectivity index (χ2n) is 7.49. The number of ether oxygens (including phenoxy) is 2. The maximum absolute atomic E-state index is 12.4. The highest BCUT2D eigenvalue weighted by Gasteiger charge is 2.05. The van der Waals surface area contributed by atoms with E-state index in [2.05, 4.69) is 10.5 Å². The number of rotatable bonds is 9. The maximum atomic E-state index is 12.4. The second-order valence-corrected chi connectivity index (χ2v) is 7.92. The van der Waals surface area contributed by atoms with Crippen LogP contribution in [0.3, 0.4) is 0 Å². The monoisotopic (exact) mass is 470 g/mol. The summed E-state index contributed by atoms with van der Waals surface area (Å²) >= 11 is 5.91. The highest BCUT2D eigenvalue weighted by atomic mass is 35.5. The lowest BCUT2D eigenvalue weighted by Crippen LogP contribution is -2.17. The third-order valence-corrected chi connectivity index (χ3v) is 5.17. The van der Waals surface area contributed by atoms with E-state index in [0.717, 1.165) is 16.7 Å². The summed E-state index contributed by atoms with van der Waals surface area (Å²) < 4.78 is 11.6. The molecule has 4 aromatic rings. The number of carbonyl (C=O) groups is 1. The van der Waals surface area contributed by atoms with Gasteiger partial charge < -0.3 is 9.47 Å². The molecule has 34 heavy (non-hydrogen) atoms. The predicted octanol–water partition coefficient (Wildman–Crippen LogP) is 6.26. The summed E-state index contributed by atoms with van der Waals surface area (Å²) in [5.74, 6) is 1.09. The van der Waals surface area contributed by atoms with E-state index in [9.17, 15) is 4.79 Å². The largest absolute Gasteiger partial charge is 0.489 e. The van der Waals surface area contributed by atoms with E-state index in [1.165, 1.54) is 0 Å².